The number of esters is 1. The van der Waals surface area contributed by atoms with Gasteiger partial charge in [0.1, 0.15) is 24.2 Å². The number of nitrogens with zero attached hydrogens (tertiary/aromatic N) is 2. The third-order valence-corrected chi connectivity index (χ3v) is 7.79. The van der Waals surface area contributed by atoms with E-state index in [-0.39, 0.29) is 24.7 Å². The molecule has 0 saturated heterocycles. The number of likely N-dealkylation sites (N-methyl/N-ethyl adjacent to an activating group) is 1. The van der Waals surface area contributed by atoms with Crippen LogP contribution in [0.2, 0.25) is 0 Å². The molecule has 4 amide bonds. The van der Waals surface area contributed by atoms with E-state index >= 15 is 0 Å². The first kappa shape index (κ1) is 31.2. The number of carbonyl (C=O) groups excluding carboxylic acids is 6. The summed E-state index contributed by atoms with van der Waals surface area (Å²) >= 11 is 0. The van der Waals surface area contributed by atoms with Crippen LogP contribution < -0.4 is 15.5 Å². The third-order valence-electron chi connectivity index (χ3n) is 7.79. The van der Waals surface area contributed by atoms with Gasteiger partial charge in [0.15, 0.2) is 0 Å². The van der Waals surface area contributed by atoms with Crippen LogP contribution in [0.5, 0.6) is 0 Å². The Kier molecular flexibility index (Phi) is 9.84. The fourth-order valence-corrected chi connectivity index (χ4v) is 5.36. The predicted octanol–water partition coefficient (Wildman–Crippen LogP) is -0.0301. The molecule has 1 aromatic rings. The predicted molar refractivity (Wildman–Crippen MR) is 145 cm³/mol. The molecule has 222 valence electrons. The Hall–Kier alpha value is -4.29. The number of ether oxygens (including phenoxy) is 1. The number of ketones is 1. The molecule has 0 spiro atoms. The number of Topliss-reactive ketones (excluding diaryl/α,β-unsaturated/α-hetero) is 1. The van der Waals surface area contributed by atoms with Gasteiger partial charge >= 0.3 is 11.9 Å². The molecule has 3 rings (SSSR count). The first-order valence-electron chi connectivity index (χ1n) is 13.4. The van der Waals surface area contributed by atoms with Crippen molar-refractivity contribution in [3.63, 3.8) is 0 Å². The first-order valence-corrected chi connectivity index (χ1v) is 13.4. The van der Waals surface area contributed by atoms with Crippen molar-refractivity contribution in [3.8, 4) is 0 Å². The van der Waals surface area contributed by atoms with Crippen molar-refractivity contribution in [2.24, 2.45) is 5.92 Å². The Labute approximate surface area is 237 Å². The fraction of sp³-hybridized carbons (Fsp3) is 0.536. The molecule has 0 radical (unpaired) electrons. The van der Waals surface area contributed by atoms with Crippen LogP contribution in [0.25, 0.3) is 0 Å². The number of nitrogens with one attached hydrogen (secondary N) is 2. The maximum Gasteiger partial charge on any atom is 0.376 e. The molecule has 13 nitrogen and oxygen atoms in total. The molecule has 0 aromatic heterocycles. The molecular formula is C28H36N4O9. The first-order chi connectivity index (χ1) is 19.3. The number of para-hydroxylation sites is 1. The van der Waals surface area contributed by atoms with Gasteiger partial charge in [-0.2, -0.15) is 0 Å². The van der Waals surface area contributed by atoms with Crippen molar-refractivity contribution >= 4 is 47.0 Å². The minimum absolute atomic E-state index is 0.0796. The molecular weight excluding hydrogens is 536 g/mol. The van der Waals surface area contributed by atoms with Crippen molar-refractivity contribution in [2.45, 2.75) is 77.0 Å². The number of carboxylic acids is 1. The van der Waals surface area contributed by atoms with Crippen molar-refractivity contribution < 1.29 is 43.4 Å². The van der Waals surface area contributed by atoms with E-state index < -0.39 is 66.0 Å². The van der Waals surface area contributed by atoms with E-state index in [1.54, 1.807) is 12.1 Å². The second-order valence-electron chi connectivity index (χ2n) is 10.4. The maximum atomic E-state index is 14.0. The number of carbonyl (C=O) groups is 7. The molecule has 0 unspecified atom stereocenters. The number of amides is 4. The summed E-state index contributed by atoms with van der Waals surface area (Å²) in [5.41, 5.74) is 2.02. The Morgan fingerprint density at radius 3 is 2.41 bits per heavy atom. The van der Waals surface area contributed by atoms with Gasteiger partial charge in [0.05, 0.1) is 19.2 Å². The van der Waals surface area contributed by atoms with Crippen LogP contribution in [0.3, 0.4) is 0 Å². The van der Waals surface area contributed by atoms with Crippen molar-refractivity contribution in [2.75, 3.05) is 19.1 Å². The molecule has 0 bridgehead atoms. The molecule has 0 saturated carbocycles. The monoisotopic (exact) mass is 572 g/mol. The topological polar surface area (TPSA) is 179 Å². The molecule has 41 heavy (non-hydrogen) atoms. The highest BCUT2D eigenvalue weighted by atomic mass is 16.5. The molecule has 5 atom stereocenters. The number of benzene rings is 1. The third kappa shape index (κ3) is 6.55. The zero-order chi connectivity index (χ0) is 30.6. The van der Waals surface area contributed by atoms with E-state index in [4.69, 9.17) is 0 Å². The molecule has 2 heterocycles. The number of aliphatic carboxylic acids is 1. The Balaban J connectivity index is 1.92. The lowest BCUT2D eigenvalue weighted by Crippen LogP contribution is -2.59. The lowest BCUT2D eigenvalue weighted by molar-refractivity contribution is -0.154. The zero-order valence-electron chi connectivity index (χ0n) is 23.8. The SMILES string of the molecule is CC[C@H](C)[C@@H](C(=O)N[C@H]1CCc2cccc3c2N(C1=O)[C@H](C(=O)N[C@@H](CC(=O)O)C(=O)C(=O)OC)C3)N(C)C(C)=O. The average molecular weight is 573 g/mol. The Bertz CT molecular complexity index is 1260. The smallest absolute Gasteiger partial charge is 0.376 e. The van der Waals surface area contributed by atoms with Gasteiger partial charge < -0.3 is 25.4 Å². The largest absolute Gasteiger partial charge is 0.481 e. The van der Waals surface area contributed by atoms with E-state index in [2.05, 4.69) is 15.4 Å². The standard InChI is InChI=1S/C28H36N4O9/c1-6-14(2)22(31(4)15(3)33)26(38)29-18-11-10-16-8-7-9-17-12-20(32(23(16)17)27(18)39)25(37)30-19(13-21(34)35)24(36)28(40)41-5/h7-9,14,18-20,22H,6,10-13H2,1-5H3,(H,29,38)(H,30,37)(H,34,35)/t14-,18-,19-,20-,22-/m0/s1. The summed E-state index contributed by atoms with van der Waals surface area (Å²) in [5, 5.41) is 14.4. The van der Waals surface area contributed by atoms with Crippen LogP contribution in [0.4, 0.5) is 5.69 Å². The number of hydrogen-bond acceptors (Lipinski definition) is 8. The summed E-state index contributed by atoms with van der Waals surface area (Å²) in [6, 6.07) is 0.684. The quantitative estimate of drug-likeness (QED) is 0.242. The van der Waals surface area contributed by atoms with E-state index in [1.807, 2.05) is 19.9 Å². The van der Waals surface area contributed by atoms with Crippen LogP contribution >= 0.6 is 0 Å². The van der Waals surface area contributed by atoms with Crippen LogP contribution in [-0.2, 0) is 51.1 Å². The lowest BCUT2D eigenvalue weighted by atomic mass is 9.96. The number of methoxy groups -OCH3 is 1. The second kappa shape index (κ2) is 12.9. The normalized spacial score (nSPS) is 19.6. The van der Waals surface area contributed by atoms with Crippen LogP contribution in [0.1, 0.15) is 51.2 Å². The minimum Gasteiger partial charge on any atom is -0.481 e. The summed E-state index contributed by atoms with van der Waals surface area (Å²) in [6.07, 6.45) is 0.489. The van der Waals surface area contributed by atoms with Gasteiger partial charge in [-0.3, -0.25) is 33.7 Å². The van der Waals surface area contributed by atoms with Gasteiger partial charge in [-0.15, -0.1) is 0 Å². The molecule has 0 aliphatic carbocycles. The molecule has 13 heteroatoms. The summed E-state index contributed by atoms with van der Waals surface area (Å²) in [6.45, 7) is 5.09. The Morgan fingerprint density at radius 1 is 1.17 bits per heavy atom. The lowest BCUT2D eigenvalue weighted by Gasteiger charge is -2.33. The van der Waals surface area contributed by atoms with Crippen LogP contribution in [0, 0.1) is 5.92 Å². The fourth-order valence-electron chi connectivity index (χ4n) is 5.36. The van der Waals surface area contributed by atoms with Gasteiger partial charge in [-0.25, -0.2) is 4.79 Å². The number of carboxylic acid groups (broad SMARTS) is 1. The second-order valence-corrected chi connectivity index (χ2v) is 10.4. The van der Waals surface area contributed by atoms with Crippen molar-refractivity contribution in [1.82, 2.24) is 15.5 Å². The van der Waals surface area contributed by atoms with E-state index in [0.29, 0.717) is 24.1 Å². The summed E-state index contributed by atoms with van der Waals surface area (Å²) in [4.78, 5) is 91.2. The van der Waals surface area contributed by atoms with Crippen LogP contribution in [0.15, 0.2) is 18.2 Å². The summed E-state index contributed by atoms with van der Waals surface area (Å²) in [7, 11) is 2.49. The average Bonchev–Trinajstić information content (AvgIpc) is 3.27. The van der Waals surface area contributed by atoms with Gasteiger partial charge in [-0.1, -0.05) is 38.5 Å². The maximum absolute atomic E-state index is 14.0. The minimum atomic E-state index is -1.70. The van der Waals surface area contributed by atoms with Gasteiger partial charge in [0.2, 0.25) is 23.6 Å². The molecule has 1 aromatic carbocycles. The van der Waals surface area contributed by atoms with E-state index in [9.17, 15) is 38.7 Å². The van der Waals surface area contributed by atoms with Crippen LogP contribution in [-0.4, -0.2) is 89.7 Å². The molecule has 3 N–H and O–H groups in total. The highest BCUT2D eigenvalue weighted by Crippen LogP contribution is 2.39. The molecule has 2 aliphatic rings. The van der Waals surface area contributed by atoms with Crippen molar-refractivity contribution in [1.29, 1.82) is 0 Å². The Morgan fingerprint density at radius 2 is 1.83 bits per heavy atom. The number of anilines is 1. The molecule has 2 aliphatic heterocycles. The van der Waals surface area contributed by atoms with Gasteiger partial charge in [0, 0.05) is 20.4 Å². The zero-order valence-corrected chi connectivity index (χ0v) is 23.8. The van der Waals surface area contributed by atoms with Gasteiger partial charge in [-0.05, 0) is 29.9 Å². The van der Waals surface area contributed by atoms with Crippen molar-refractivity contribution in [3.05, 3.63) is 29.3 Å². The highest BCUT2D eigenvalue weighted by molar-refractivity contribution is 6.36. The number of aryl methyl sites for hydroxylation is 1. The van der Waals surface area contributed by atoms with Gasteiger partial charge in [0.25, 0.3) is 5.78 Å². The molecule has 0 fully saturated rings. The summed E-state index contributed by atoms with van der Waals surface area (Å²) in [5.74, 6) is -6.35. The highest BCUT2D eigenvalue weighted by Gasteiger charge is 2.45. The summed E-state index contributed by atoms with van der Waals surface area (Å²) < 4.78 is 4.40. The number of hydrogen-bond donors (Lipinski definition) is 3. The van der Waals surface area contributed by atoms with E-state index in [1.165, 1.54) is 23.8 Å². The number of rotatable bonds is 11. The van der Waals surface area contributed by atoms with E-state index in [0.717, 1.165) is 12.7 Å².